The van der Waals surface area contributed by atoms with Crippen LogP contribution in [0.2, 0.25) is 0 Å². The van der Waals surface area contributed by atoms with Gasteiger partial charge in [-0.3, -0.25) is 9.13 Å². The number of rotatable bonds is 7. The van der Waals surface area contributed by atoms with Gasteiger partial charge in [0.1, 0.15) is 0 Å². The molecule has 0 aromatic carbocycles. The Morgan fingerprint density at radius 1 is 0.952 bits per heavy atom. The molecule has 0 saturated carbocycles. The van der Waals surface area contributed by atoms with Crippen LogP contribution in [-0.4, -0.2) is 41.0 Å². The third-order valence-electron chi connectivity index (χ3n) is 2.48. The second kappa shape index (κ2) is 7.41. The second-order valence-electron chi connectivity index (χ2n) is 3.88. The summed E-state index contributed by atoms with van der Waals surface area (Å²) in [4.78, 5) is 0. The van der Waals surface area contributed by atoms with Crippen molar-refractivity contribution in [1.29, 1.82) is 0 Å². The minimum atomic E-state index is 0.434. The van der Waals surface area contributed by atoms with Crippen molar-refractivity contribution in [2.24, 2.45) is 24.4 Å². The third-order valence-corrected chi connectivity index (χ3v) is 4.29. The van der Waals surface area contributed by atoms with Gasteiger partial charge in [-0.15, -0.1) is 20.4 Å². The highest BCUT2D eigenvalue weighted by molar-refractivity contribution is 7.99. The van der Waals surface area contributed by atoms with E-state index in [1.807, 2.05) is 18.7 Å². The predicted molar refractivity (Wildman–Crippen MR) is 82.9 cm³/mol. The molecule has 0 saturated heterocycles. The lowest BCUT2D eigenvalue weighted by molar-refractivity contribution is 0.777. The molecule has 0 aliphatic heterocycles. The molecule has 21 heavy (non-hydrogen) atoms. The van der Waals surface area contributed by atoms with E-state index >= 15 is 0 Å². The lowest BCUT2D eigenvalue weighted by Crippen LogP contribution is -1.99. The summed E-state index contributed by atoms with van der Waals surface area (Å²) in [6, 6.07) is 0. The van der Waals surface area contributed by atoms with Gasteiger partial charge in [-0.05, 0) is 11.5 Å². The first-order chi connectivity index (χ1) is 10.2. The maximum absolute atomic E-state index is 4.05. The molecular formula is C10H17N9S2. The van der Waals surface area contributed by atoms with Gasteiger partial charge in [-0.25, -0.2) is 5.43 Å². The van der Waals surface area contributed by atoms with Crippen LogP contribution in [0, 0.1) is 0 Å². The van der Waals surface area contributed by atoms with Crippen molar-refractivity contribution in [3.63, 3.8) is 0 Å². The van der Waals surface area contributed by atoms with Gasteiger partial charge in [-0.1, -0.05) is 47.7 Å². The first-order valence-electron chi connectivity index (χ1n) is 6.38. The first-order valence-corrected chi connectivity index (χ1v) is 8.35. The Morgan fingerprint density at radius 2 is 1.57 bits per heavy atom. The van der Waals surface area contributed by atoms with Gasteiger partial charge >= 0.3 is 0 Å². The minimum absolute atomic E-state index is 0.434. The molecular weight excluding hydrogens is 310 g/mol. The normalized spacial score (nSPS) is 11.4. The summed E-state index contributed by atoms with van der Waals surface area (Å²) in [7, 11) is 3.72. The molecule has 0 bridgehead atoms. The van der Waals surface area contributed by atoms with Crippen molar-refractivity contribution in [3.8, 4) is 0 Å². The van der Waals surface area contributed by atoms with Crippen LogP contribution in [0.1, 0.15) is 13.8 Å². The van der Waals surface area contributed by atoms with E-state index in [1.54, 1.807) is 28.1 Å². The van der Waals surface area contributed by atoms with E-state index in [-0.39, 0.29) is 0 Å². The van der Waals surface area contributed by atoms with E-state index in [1.165, 1.54) is 0 Å². The van der Waals surface area contributed by atoms with E-state index in [0.717, 1.165) is 21.8 Å². The van der Waals surface area contributed by atoms with Gasteiger partial charge in [0.25, 0.3) is 5.95 Å². The molecule has 0 unspecified atom stereocenters. The van der Waals surface area contributed by atoms with Gasteiger partial charge in [0.15, 0.2) is 10.3 Å². The van der Waals surface area contributed by atoms with Crippen LogP contribution < -0.4 is 5.43 Å². The van der Waals surface area contributed by atoms with Gasteiger partial charge in [0.05, 0.1) is 0 Å². The Morgan fingerprint density at radius 3 is 2.24 bits per heavy atom. The summed E-state index contributed by atoms with van der Waals surface area (Å²) in [6.07, 6.45) is 0. The number of nitrogens with one attached hydrogen (secondary N) is 1. The fraction of sp³-hybridized carbons (Fsp3) is 0.600. The zero-order valence-electron chi connectivity index (χ0n) is 12.3. The molecule has 0 amide bonds. The molecule has 0 aliphatic rings. The van der Waals surface area contributed by atoms with Crippen molar-refractivity contribution in [2.45, 2.75) is 24.2 Å². The number of nitrogens with zero attached hydrogens (tertiary/aromatic N) is 8. The second-order valence-corrected chi connectivity index (χ2v) is 6.35. The van der Waals surface area contributed by atoms with Crippen molar-refractivity contribution in [2.75, 3.05) is 16.9 Å². The van der Waals surface area contributed by atoms with Crippen molar-refractivity contribution >= 4 is 35.4 Å². The quantitative estimate of drug-likeness (QED) is 0.473. The van der Waals surface area contributed by atoms with Crippen LogP contribution >= 0.6 is 23.5 Å². The Bertz CT molecular complexity index is 618. The van der Waals surface area contributed by atoms with E-state index in [4.69, 9.17) is 0 Å². The van der Waals surface area contributed by atoms with Crippen LogP contribution in [0.15, 0.2) is 20.7 Å². The molecule has 0 atom stereocenters. The zero-order chi connectivity index (χ0) is 15.2. The van der Waals surface area contributed by atoms with Crippen LogP contribution in [0.5, 0.6) is 0 Å². The Kier molecular flexibility index (Phi) is 5.56. The van der Waals surface area contributed by atoms with E-state index in [0.29, 0.717) is 11.9 Å². The molecule has 0 aliphatic carbocycles. The van der Waals surface area contributed by atoms with Crippen LogP contribution in [0.25, 0.3) is 0 Å². The first kappa shape index (κ1) is 15.8. The SMILES string of the molecule is CCSc1nnc(N=NNc2nnc(SCC)n2C)n1C. The predicted octanol–water partition coefficient (Wildman–Crippen LogP) is 2.28. The maximum Gasteiger partial charge on any atom is 0.272 e. The lowest BCUT2D eigenvalue weighted by atomic mass is 10.9. The highest BCUT2D eigenvalue weighted by Crippen LogP contribution is 2.20. The molecule has 2 heterocycles. The van der Waals surface area contributed by atoms with Crippen molar-refractivity contribution in [1.82, 2.24) is 29.5 Å². The van der Waals surface area contributed by atoms with Gasteiger partial charge in [0.2, 0.25) is 5.95 Å². The number of aromatic nitrogens is 6. The molecule has 0 fully saturated rings. The van der Waals surface area contributed by atoms with E-state index in [9.17, 15) is 0 Å². The molecule has 0 radical (unpaired) electrons. The Balaban J connectivity index is 2.02. The summed E-state index contributed by atoms with van der Waals surface area (Å²) in [5.74, 6) is 2.83. The number of anilines is 1. The highest BCUT2D eigenvalue weighted by Gasteiger charge is 2.09. The molecule has 1 N–H and O–H groups in total. The van der Waals surface area contributed by atoms with E-state index in [2.05, 4.69) is 50.0 Å². The van der Waals surface area contributed by atoms with Crippen molar-refractivity contribution < 1.29 is 0 Å². The summed E-state index contributed by atoms with van der Waals surface area (Å²) in [5, 5.41) is 25.6. The highest BCUT2D eigenvalue weighted by atomic mass is 32.2. The fourth-order valence-electron chi connectivity index (χ4n) is 1.43. The Labute approximate surface area is 131 Å². The summed E-state index contributed by atoms with van der Waals surface area (Å²) < 4.78 is 3.61. The largest absolute Gasteiger partial charge is 0.290 e. The monoisotopic (exact) mass is 327 g/mol. The number of hydrogen-bond acceptors (Lipinski definition) is 8. The molecule has 2 aromatic rings. The van der Waals surface area contributed by atoms with Crippen LogP contribution in [0.3, 0.4) is 0 Å². The lowest BCUT2D eigenvalue weighted by Gasteiger charge is -2.00. The molecule has 9 nitrogen and oxygen atoms in total. The smallest absolute Gasteiger partial charge is 0.272 e. The van der Waals surface area contributed by atoms with Crippen LogP contribution in [0.4, 0.5) is 11.9 Å². The van der Waals surface area contributed by atoms with Gasteiger partial charge < -0.3 is 0 Å². The molecule has 114 valence electrons. The summed E-state index contributed by atoms with van der Waals surface area (Å²) >= 11 is 3.21. The van der Waals surface area contributed by atoms with Crippen molar-refractivity contribution in [3.05, 3.63) is 0 Å². The van der Waals surface area contributed by atoms with Crippen LogP contribution in [-0.2, 0) is 14.1 Å². The molecule has 0 spiro atoms. The topological polar surface area (TPSA) is 98.2 Å². The minimum Gasteiger partial charge on any atom is -0.290 e. The molecule has 2 aromatic heterocycles. The third kappa shape index (κ3) is 3.73. The maximum atomic E-state index is 4.05. The van der Waals surface area contributed by atoms with Gasteiger partial charge in [-0.2, -0.15) is 0 Å². The standard InChI is InChI=1S/C10H17N9S2/c1-5-20-9-15-11-7(18(9)3)13-17-14-8-12-16-10(19(8)4)21-6-2/h5-6H2,1-4H3,(H,11,12,13,14). The number of thioether (sulfide) groups is 2. The fourth-order valence-corrected chi connectivity index (χ4v) is 2.70. The summed E-state index contributed by atoms with van der Waals surface area (Å²) in [6.45, 7) is 4.12. The average Bonchev–Trinajstić information content (AvgIpc) is 2.99. The molecule has 11 heteroatoms. The Hall–Kier alpha value is -1.62. The summed E-state index contributed by atoms with van der Waals surface area (Å²) in [5.41, 5.74) is 2.76. The number of hydrogen-bond donors (Lipinski definition) is 1. The van der Waals surface area contributed by atoms with Gasteiger partial charge in [0, 0.05) is 14.1 Å². The molecule has 2 rings (SSSR count). The average molecular weight is 327 g/mol. The zero-order valence-corrected chi connectivity index (χ0v) is 13.9. The van der Waals surface area contributed by atoms with E-state index < -0.39 is 0 Å².